The van der Waals surface area contributed by atoms with E-state index in [0.717, 1.165) is 0 Å². The smallest absolute Gasteiger partial charge is 0.309 e. The second-order valence-electron chi connectivity index (χ2n) is 7.40. The summed E-state index contributed by atoms with van der Waals surface area (Å²) in [5.41, 5.74) is 0.716. The maximum Gasteiger partial charge on any atom is 0.309 e. The molecule has 0 amide bonds. The molecule has 1 rings (SSSR count). The van der Waals surface area contributed by atoms with Gasteiger partial charge in [-0.25, -0.2) is 4.98 Å². The van der Waals surface area contributed by atoms with Crippen LogP contribution >= 0.6 is 11.6 Å². The molecule has 0 aliphatic rings. The number of halogens is 1. The van der Waals surface area contributed by atoms with Crippen molar-refractivity contribution in [1.29, 1.82) is 0 Å². The van der Waals surface area contributed by atoms with Gasteiger partial charge in [-0.1, -0.05) is 38.4 Å². The highest BCUT2D eigenvalue weighted by Gasteiger charge is 2.42. The van der Waals surface area contributed by atoms with Crippen LogP contribution in [-0.2, 0) is 9.22 Å². The van der Waals surface area contributed by atoms with Crippen molar-refractivity contribution in [1.82, 2.24) is 4.98 Å². The first-order chi connectivity index (χ1) is 11.0. The lowest BCUT2D eigenvalue weighted by Gasteiger charge is -2.40. The van der Waals surface area contributed by atoms with Gasteiger partial charge in [0.25, 0.3) is 0 Å². The predicted molar refractivity (Wildman–Crippen MR) is 99.5 cm³/mol. The Balaban J connectivity index is 3.27. The highest BCUT2D eigenvalue weighted by molar-refractivity contribution is 6.74. The van der Waals surface area contributed by atoms with E-state index in [1.165, 1.54) is 0 Å². The lowest BCUT2D eigenvalue weighted by atomic mass is 9.92. The molecule has 4 nitrogen and oxygen atoms in total. The number of hydrogen-bond acceptors (Lipinski definition) is 3. The minimum absolute atomic E-state index is 0.0414. The molecule has 6 heteroatoms. The second-order valence-corrected chi connectivity index (χ2v) is 12.5. The number of carbonyl (C=O) groups is 1. The van der Waals surface area contributed by atoms with Crippen LogP contribution in [0.15, 0.2) is 18.3 Å². The number of pyridine rings is 1. The molecule has 0 bridgehead atoms. The van der Waals surface area contributed by atoms with Gasteiger partial charge in [-0.2, -0.15) is 0 Å². The molecule has 0 aliphatic heterocycles. The molecule has 2 atom stereocenters. The number of terminal acetylenes is 1. The highest BCUT2D eigenvalue weighted by atomic mass is 35.5. The van der Waals surface area contributed by atoms with Crippen molar-refractivity contribution in [3.63, 3.8) is 0 Å². The van der Waals surface area contributed by atoms with Crippen LogP contribution < -0.4 is 0 Å². The summed E-state index contributed by atoms with van der Waals surface area (Å²) in [6.45, 7) is 10.6. The summed E-state index contributed by atoms with van der Waals surface area (Å²) in [7, 11) is -2.19. The second kappa shape index (κ2) is 8.15. The van der Waals surface area contributed by atoms with Crippen molar-refractivity contribution in [3.8, 4) is 12.3 Å². The zero-order chi connectivity index (χ0) is 18.5. The monoisotopic (exact) mass is 367 g/mol. The fourth-order valence-electron chi connectivity index (χ4n) is 2.08. The van der Waals surface area contributed by atoms with Crippen LogP contribution in [0, 0.1) is 18.3 Å². The molecule has 24 heavy (non-hydrogen) atoms. The standard InChI is InChI=1S/C18H26ClNO3Si/c1-7-8-9-14(17(21)22)16(13-10-11-15(19)20-12-13)23-24(5,6)18(2,3)4/h1,10-12,14,16H,8-9H2,2-6H3,(H,21,22)/t14-,16?/m1/s1. The van der Waals surface area contributed by atoms with Gasteiger partial charge in [-0.05, 0) is 36.2 Å². The summed E-state index contributed by atoms with van der Waals surface area (Å²) in [6, 6.07) is 3.43. The van der Waals surface area contributed by atoms with Crippen molar-refractivity contribution in [2.24, 2.45) is 5.92 Å². The van der Waals surface area contributed by atoms with Crippen molar-refractivity contribution < 1.29 is 14.3 Å². The fraction of sp³-hybridized carbons (Fsp3) is 0.556. The molecule has 1 unspecified atom stereocenters. The highest BCUT2D eigenvalue weighted by Crippen LogP contribution is 2.42. The van der Waals surface area contributed by atoms with Crippen LogP contribution in [0.5, 0.6) is 0 Å². The molecular formula is C18H26ClNO3Si. The Morgan fingerprint density at radius 2 is 2.08 bits per heavy atom. The molecule has 1 aromatic heterocycles. The number of rotatable bonds is 7. The summed E-state index contributed by atoms with van der Waals surface area (Å²) in [4.78, 5) is 15.9. The summed E-state index contributed by atoms with van der Waals surface area (Å²) in [6.07, 6.45) is 7.06. The van der Waals surface area contributed by atoms with Crippen LogP contribution in [0.4, 0.5) is 0 Å². The molecule has 0 saturated heterocycles. The van der Waals surface area contributed by atoms with Crippen LogP contribution in [-0.4, -0.2) is 24.4 Å². The largest absolute Gasteiger partial charge is 0.481 e. The van der Waals surface area contributed by atoms with E-state index >= 15 is 0 Å². The molecule has 132 valence electrons. The van der Waals surface area contributed by atoms with Crippen LogP contribution in [0.2, 0.25) is 23.3 Å². The van der Waals surface area contributed by atoms with Crippen molar-refractivity contribution in [3.05, 3.63) is 29.0 Å². The first-order valence-corrected chi connectivity index (χ1v) is 11.2. The number of nitrogens with zero attached hydrogens (tertiary/aromatic N) is 1. The quantitative estimate of drug-likeness (QED) is 0.422. The van der Waals surface area contributed by atoms with Gasteiger partial charge in [0.15, 0.2) is 8.32 Å². The number of hydrogen-bond donors (Lipinski definition) is 1. The normalized spacial score (nSPS) is 14.7. The number of aromatic nitrogens is 1. The van der Waals surface area contributed by atoms with E-state index in [1.54, 1.807) is 18.3 Å². The molecule has 1 heterocycles. The first-order valence-electron chi connectivity index (χ1n) is 7.95. The molecule has 1 N–H and O–H groups in total. The number of carboxylic acid groups (broad SMARTS) is 1. The fourth-order valence-corrected chi connectivity index (χ4v) is 3.48. The predicted octanol–water partition coefficient (Wildman–Crippen LogP) is 4.91. The Hall–Kier alpha value is -1.35. The third-order valence-electron chi connectivity index (χ3n) is 4.59. The van der Waals surface area contributed by atoms with E-state index in [1.807, 2.05) is 0 Å². The average Bonchev–Trinajstić information content (AvgIpc) is 2.45. The van der Waals surface area contributed by atoms with Gasteiger partial charge < -0.3 is 9.53 Å². The Labute approximate surface area is 150 Å². The van der Waals surface area contributed by atoms with E-state index in [2.05, 4.69) is 44.8 Å². The van der Waals surface area contributed by atoms with Gasteiger partial charge in [0.05, 0.1) is 12.0 Å². The molecule has 0 fully saturated rings. The molecule has 0 saturated carbocycles. The van der Waals surface area contributed by atoms with E-state index < -0.39 is 26.3 Å². The zero-order valence-electron chi connectivity index (χ0n) is 15.0. The van der Waals surface area contributed by atoms with Crippen molar-refractivity contribution in [2.45, 2.75) is 57.8 Å². The van der Waals surface area contributed by atoms with Crippen LogP contribution in [0.25, 0.3) is 0 Å². The molecule has 0 aromatic carbocycles. The Morgan fingerprint density at radius 1 is 1.46 bits per heavy atom. The van der Waals surface area contributed by atoms with Gasteiger partial charge in [0.2, 0.25) is 0 Å². The SMILES string of the molecule is C#CCC[C@@H](C(=O)O)C(O[Si](C)(C)C(C)(C)C)c1ccc(Cl)nc1. The Kier molecular flexibility index (Phi) is 7.03. The van der Waals surface area contributed by atoms with E-state index in [0.29, 0.717) is 23.6 Å². The van der Waals surface area contributed by atoms with Gasteiger partial charge in [-0.15, -0.1) is 12.3 Å². The lowest BCUT2D eigenvalue weighted by molar-refractivity contribution is -0.145. The van der Waals surface area contributed by atoms with E-state index in [-0.39, 0.29) is 5.04 Å². The lowest BCUT2D eigenvalue weighted by Crippen LogP contribution is -2.44. The van der Waals surface area contributed by atoms with Gasteiger partial charge in [0, 0.05) is 12.6 Å². The first kappa shape index (κ1) is 20.7. The maximum atomic E-state index is 11.8. The summed E-state index contributed by atoms with van der Waals surface area (Å²) < 4.78 is 6.46. The Bertz CT molecular complexity index is 602. The number of carboxylic acids is 1. The zero-order valence-corrected chi connectivity index (χ0v) is 16.7. The Morgan fingerprint density at radius 3 is 2.50 bits per heavy atom. The molecular weight excluding hydrogens is 342 g/mol. The molecule has 1 aromatic rings. The minimum atomic E-state index is -2.19. The van der Waals surface area contributed by atoms with Crippen LogP contribution in [0.1, 0.15) is 45.3 Å². The third-order valence-corrected chi connectivity index (χ3v) is 9.27. The van der Waals surface area contributed by atoms with Gasteiger partial charge in [0.1, 0.15) is 5.15 Å². The van der Waals surface area contributed by atoms with E-state index in [4.69, 9.17) is 22.5 Å². The summed E-state index contributed by atoms with van der Waals surface area (Å²) in [5.74, 6) is 0.880. The van der Waals surface area contributed by atoms with Gasteiger partial charge in [-0.3, -0.25) is 4.79 Å². The van der Waals surface area contributed by atoms with Crippen LogP contribution in [0.3, 0.4) is 0 Å². The molecule has 0 spiro atoms. The minimum Gasteiger partial charge on any atom is -0.481 e. The summed E-state index contributed by atoms with van der Waals surface area (Å²) in [5, 5.41) is 10.0. The third kappa shape index (κ3) is 5.34. The maximum absolute atomic E-state index is 11.8. The summed E-state index contributed by atoms with van der Waals surface area (Å²) >= 11 is 5.86. The van der Waals surface area contributed by atoms with Crippen molar-refractivity contribution in [2.75, 3.05) is 0 Å². The topological polar surface area (TPSA) is 59.4 Å². The molecule has 0 aliphatic carbocycles. The average molecular weight is 368 g/mol. The van der Waals surface area contributed by atoms with E-state index in [9.17, 15) is 9.90 Å². The molecule has 0 radical (unpaired) electrons. The van der Waals surface area contributed by atoms with Gasteiger partial charge >= 0.3 is 5.97 Å². The van der Waals surface area contributed by atoms with Crippen molar-refractivity contribution >= 4 is 25.9 Å². The number of aliphatic carboxylic acids is 1.